The van der Waals surface area contributed by atoms with Crippen LogP contribution < -0.4 is 10.0 Å². The van der Waals surface area contributed by atoms with E-state index in [1.807, 2.05) is 0 Å². The number of benzene rings is 1. The van der Waals surface area contributed by atoms with Crippen LogP contribution in [-0.2, 0) is 10.0 Å². The van der Waals surface area contributed by atoms with E-state index in [4.69, 9.17) is 5.14 Å². The number of thioether (sulfide) groups is 1. The maximum Gasteiger partial charge on any atom is 0.423 e. The van der Waals surface area contributed by atoms with Crippen molar-refractivity contribution >= 4 is 27.5 Å². The summed E-state index contributed by atoms with van der Waals surface area (Å²) in [4.78, 5) is 3.98. The number of anilines is 1. The van der Waals surface area contributed by atoms with E-state index in [-0.39, 0.29) is 4.90 Å². The van der Waals surface area contributed by atoms with E-state index >= 15 is 0 Å². The number of halogens is 3. The second kappa shape index (κ2) is 6.56. The number of hydrogen-bond acceptors (Lipinski definition) is 6. The van der Waals surface area contributed by atoms with Gasteiger partial charge in [-0.2, -0.15) is 13.2 Å². The molecule has 0 aromatic heterocycles. The first kappa shape index (κ1) is 18.7. The van der Waals surface area contributed by atoms with Crippen molar-refractivity contribution in [1.82, 2.24) is 9.80 Å². The third kappa shape index (κ3) is 3.84. The molecule has 0 saturated carbocycles. The molecule has 1 aromatic carbocycles. The van der Waals surface area contributed by atoms with Crippen LogP contribution in [0.25, 0.3) is 0 Å². The minimum Gasteiger partial charge on any atom is -0.354 e. The summed E-state index contributed by atoms with van der Waals surface area (Å²) in [6.07, 6.45) is 3.30. The number of sulfonamides is 1. The highest BCUT2D eigenvalue weighted by Crippen LogP contribution is 2.46. The van der Waals surface area contributed by atoms with Gasteiger partial charge in [-0.3, -0.25) is 0 Å². The number of primary sulfonamides is 1. The molecule has 2 heterocycles. The van der Waals surface area contributed by atoms with Crippen LogP contribution in [0.15, 0.2) is 65.1 Å². The topological polar surface area (TPSA) is 69.9 Å². The Hall–Kier alpha value is -2.11. The van der Waals surface area contributed by atoms with Gasteiger partial charge in [-0.25, -0.2) is 13.6 Å². The summed E-state index contributed by atoms with van der Waals surface area (Å²) < 4.78 is 62.3. The fraction of sp³-hybridized carbons (Fsp3) is 0.200. The van der Waals surface area contributed by atoms with Crippen molar-refractivity contribution in [3.8, 4) is 0 Å². The lowest BCUT2D eigenvalue weighted by Gasteiger charge is -2.34. The fourth-order valence-electron chi connectivity index (χ4n) is 2.36. The Kier molecular flexibility index (Phi) is 4.71. The Morgan fingerprint density at radius 3 is 2.15 bits per heavy atom. The van der Waals surface area contributed by atoms with E-state index in [2.05, 4.69) is 0 Å². The lowest BCUT2D eigenvalue weighted by molar-refractivity contribution is -0.0835. The van der Waals surface area contributed by atoms with Crippen LogP contribution in [0.2, 0.25) is 0 Å². The van der Waals surface area contributed by atoms with Crippen molar-refractivity contribution in [2.75, 3.05) is 11.9 Å². The summed E-state index contributed by atoms with van der Waals surface area (Å²) in [5.74, 6) is 0. The van der Waals surface area contributed by atoms with Gasteiger partial charge in [-0.15, -0.1) is 0 Å². The molecule has 2 N–H and O–H groups in total. The first-order valence-electron chi connectivity index (χ1n) is 7.28. The third-order valence-corrected chi connectivity index (χ3v) is 5.87. The van der Waals surface area contributed by atoms with Crippen LogP contribution >= 0.6 is 11.8 Å². The van der Waals surface area contributed by atoms with Crippen molar-refractivity contribution in [2.24, 2.45) is 5.14 Å². The smallest absolute Gasteiger partial charge is 0.354 e. The SMILES string of the molecule is CN1C=CN(C2SC(C(F)(F)F)=CN2c2ccc(S(N)(=O)=O)cc2)C=C1. The molecule has 11 heteroatoms. The van der Waals surface area contributed by atoms with Gasteiger partial charge in [-0.05, 0) is 24.3 Å². The molecule has 0 spiro atoms. The maximum absolute atomic E-state index is 13.2. The van der Waals surface area contributed by atoms with Crippen LogP contribution in [0.4, 0.5) is 18.9 Å². The van der Waals surface area contributed by atoms with Gasteiger partial charge in [0, 0.05) is 43.7 Å². The van der Waals surface area contributed by atoms with Crippen LogP contribution in [0, 0.1) is 0 Å². The van der Waals surface area contributed by atoms with Gasteiger partial charge < -0.3 is 14.7 Å². The van der Waals surface area contributed by atoms with Crippen molar-refractivity contribution in [3.05, 3.63) is 60.2 Å². The summed E-state index contributed by atoms with van der Waals surface area (Å²) in [5.41, 5.74) is -0.289. The van der Waals surface area contributed by atoms with Gasteiger partial charge in [0.25, 0.3) is 0 Å². The molecule has 1 atom stereocenters. The average molecular weight is 404 g/mol. The normalized spacial score (nSPS) is 20.7. The third-order valence-electron chi connectivity index (χ3n) is 3.67. The molecule has 0 bridgehead atoms. The highest BCUT2D eigenvalue weighted by Gasteiger charge is 2.43. The molecule has 26 heavy (non-hydrogen) atoms. The molecule has 0 aliphatic carbocycles. The van der Waals surface area contributed by atoms with Gasteiger partial charge in [0.15, 0.2) is 5.50 Å². The molecular formula is C15H15F3N4O2S2. The minimum atomic E-state index is -4.47. The van der Waals surface area contributed by atoms with E-state index in [9.17, 15) is 21.6 Å². The highest BCUT2D eigenvalue weighted by atomic mass is 32.2. The molecule has 2 aliphatic heterocycles. The van der Waals surface area contributed by atoms with Crippen LogP contribution in [0.3, 0.4) is 0 Å². The predicted octanol–water partition coefficient (Wildman–Crippen LogP) is 2.76. The Morgan fingerprint density at radius 2 is 1.65 bits per heavy atom. The summed E-state index contributed by atoms with van der Waals surface area (Å²) >= 11 is 0.662. The molecule has 2 aliphatic rings. The van der Waals surface area contributed by atoms with E-state index in [1.54, 1.807) is 41.6 Å². The van der Waals surface area contributed by atoms with Gasteiger partial charge in [-0.1, -0.05) is 11.8 Å². The van der Waals surface area contributed by atoms with Crippen molar-refractivity contribution < 1.29 is 21.6 Å². The Balaban J connectivity index is 1.95. The zero-order chi connectivity index (χ0) is 19.1. The van der Waals surface area contributed by atoms with Gasteiger partial charge in [0.1, 0.15) is 4.91 Å². The molecular weight excluding hydrogens is 389 g/mol. The van der Waals surface area contributed by atoms with E-state index in [1.165, 1.54) is 29.2 Å². The number of alkyl halides is 3. The van der Waals surface area contributed by atoms with Crippen LogP contribution in [0.1, 0.15) is 0 Å². The molecule has 1 aromatic rings. The van der Waals surface area contributed by atoms with Crippen molar-refractivity contribution in [2.45, 2.75) is 16.6 Å². The van der Waals surface area contributed by atoms with Gasteiger partial charge >= 0.3 is 6.18 Å². The lowest BCUT2D eigenvalue weighted by atomic mass is 10.3. The predicted molar refractivity (Wildman–Crippen MR) is 93.7 cm³/mol. The van der Waals surface area contributed by atoms with E-state index < -0.39 is 26.6 Å². The summed E-state index contributed by atoms with van der Waals surface area (Å²) in [7, 11) is -2.07. The van der Waals surface area contributed by atoms with Gasteiger partial charge in [0.2, 0.25) is 10.0 Å². The molecule has 140 valence electrons. The molecule has 3 rings (SSSR count). The molecule has 1 unspecified atom stereocenters. The standard InChI is InChI=1S/C15H15F3N4O2S2/c1-20-6-8-21(9-7-20)14-22(10-13(25-14)15(16,17)18)11-2-4-12(5-3-11)26(19,23)24/h2-10,14H,1H3,(H2,19,23,24). The molecule has 0 amide bonds. The van der Waals surface area contributed by atoms with Crippen LogP contribution in [-0.4, -0.2) is 36.9 Å². The lowest BCUT2D eigenvalue weighted by Crippen LogP contribution is -2.37. The monoisotopic (exact) mass is 404 g/mol. The Bertz CT molecular complexity index is 865. The number of allylic oxidation sites excluding steroid dienone is 1. The quantitative estimate of drug-likeness (QED) is 0.836. The summed E-state index contributed by atoms with van der Waals surface area (Å²) in [6, 6.07) is 5.38. The first-order chi connectivity index (χ1) is 12.1. The first-order valence-corrected chi connectivity index (χ1v) is 9.71. The summed E-state index contributed by atoms with van der Waals surface area (Å²) in [5, 5.41) is 5.06. The van der Waals surface area contributed by atoms with Crippen molar-refractivity contribution in [3.63, 3.8) is 0 Å². The highest BCUT2D eigenvalue weighted by molar-refractivity contribution is 8.04. The van der Waals surface area contributed by atoms with E-state index in [0.717, 1.165) is 6.20 Å². The largest absolute Gasteiger partial charge is 0.423 e. The zero-order valence-corrected chi connectivity index (χ0v) is 15.1. The second-order valence-electron chi connectivity index (χ2n) is 5.59. The molecule has 0 radical (unpaired) electrons. The number of rotatable bonds is 3. The number of nitrogens with zero attached hydrogens (tertiary/aromatic N) is 3. The Morgan fingerprint density at radius 1 is 1.08 bits per heavy atom. The molecule has 6 nitrogen and oxygen atoms in total. The average Bonchev–Trinajstić information content (AvgIpc) is 3.00. The van der Waals surface area contributed by atoms with Crippen LogP contribution in [0.5, 0.6) is 0 Å². The zero-order valence-electron chi connectivity index (χ0n) is 13.5. The summed E-state index contributed by atoms with van der Waals surface area (Å²) in [6.45, 7) is 0. The van der Waals surface area contributed by atoms with Gasteiger partial charge in [0.05, 0.1) is 4.90 Å². The molecule has 0 fully saturated rings. The Labute approximate surface area is 153 Å². The minimum absolute atomic E-state index is 0.107. The number of nitrogens with two attached hydrogens (primary N) is 1. The molecule has 0 saturated heterocycles. The fourth-order valence-corrected chi connectivity index (χ4v) is 3.97. The second-order valence-corrected chi connectivity index (χ2v) is 8.25. The maximum atomic E-state index is 13.2. The van der Waals surface area contributed by atoms with Crippen molar-refractivity contribution in [1.29, 1.82) is 0 Å². The van der Waals surface area contributed by atoms with E-state index in [0.29, 0.717) is 17.4 Å². The number of hydrogen-bond donors (Lipinski definition) is 1.